The van der Waals surface area contributed by atoms with Crippen LogP contribution in [-0.2, 0) is 11.8 Å². The molecule has 4 rings (SSSR count). The number of halogens is 1. The normalized spacial score (nSPS) is 16.7. The number of benzene rings is 1. The second kappa shape index (κ2) is 8.52. The first-order chi connectivity index (χ1) is 14.4. The van der Waals surface area contributed by atoms with Gasteiger partial charge in [-0.2, -0.15) is 0 Å². The third-order valence-corrected chi connectivity index (χ3v) is 5.96. The molecule has 2 aromatic heterocycles. The predicted molar refractivity (Wildman–Crippen MR) is 117 cm³/mol. The van der Waals surface area contributed by atoms with Crippen LogP contribution >= 0.6 is 0 Å². The molecule has 0 unspecified atom stereocenters. The molecule has 30 heavy (non-hydrogen) atoms. The molecule has 1 aliphatic heterocycles. The van der Waals surface area contributed by atoms with Crippen molar-refractivity contribution in [2.24, 2.45) is 13.0 Å². The van der Waals surface area contributed by atoms with E-state index in [-0.39, 0.29) is 11.8 Å². The van der Waals surface area contributed by atoms with Crippen LogP contribution in [0.1, 0.15) is 25.6 Å². The van der Waals surface area contributed by atoms with Crippen LogP contribution in [0.15, 0.2) is 36.7 Å². The van der Waals surface area contributed by atoms with Crippen LogP contribution in [0.4, 0.5) is 10.2 Å². The van der Waals surface area contributed by atoms with E-state index in [9.17, 15) is 9.18 Å². The number of nitrogens with zero attached hydrogens (tertiary/aromatic N) is 4. The third kappa shape index (κ3) is 4.36. The Bertz CT molecular complexity index is 1050. The molecule has 0 radical (unpaired) electrons. The number of imidazole rings is 1. The number of carbonyl (C=O) groups is 1. The first-order valence-electron chi connectivity index (χ1n) is 10.5. The molecule has 1 aliphatic rings. The Labute approximate surface area is 176 Å². The number of rotatable bonds is 5. The summed E-state index contributed by atoms with van der Waals surface area (Å²) in [4.78, 5) is 23.6. The summed E-state index contributed by atoms with van der Waals surface area (Å²) in [6.45, 7) is 5.50. The number of nitrogens with one attached hydrogen (secondary N) is 1. The average molecular weight is 410 g/mol. The molecule has 0 aliphatic carbocycles. The van der Waals surface area contributed by atoms with Gasteiger partial charge in [-0.05, 0) is 57.3 Å². The molecule has 1 atom stereocenters. The zero-order valence-electron chi connectivity index (χ0n) is 17.7. The molecular formula is C23H28FN5O. The molecule has 6 nitrogen and oxygen atoms in total. The second-order valence-electron chi connectivity index (χ2n) is 8.23. The number of piperidine rings is 1. The lowest BCUT2D eigenvalue weighted by molar-refractivity contribution is -0.121. The van der Waals surface area contributed by atoms with Crippen molar-refractivity contribution in [2.75, 3.05) is 25.0 Å². The van der Waals surface area contributed by atoms with Crippen LogP contribution < -0.4 is 5.32 Å². The quantitative estimate of drug-likeness (QED) is 0.693. The smallest absolute Gasteiger partial charge is 0.228 e. The van der Waals surface area contributed by atoms with Crippen molar-refractivity contribution >= 4 is 22.5 Å². The Morgan fingerprint density at radius 2 is 1.97 bits per heavy atom. The summed E-state index contributed by atoms with van der Waals surface area (Å²) >= 11 is 0. The molecular weight excluding hydrogens is 381 g/mol. The van der Waals surface area contributed by atoms with Gasteiger partial charge in [0.25, 0.3) is 0 Å². The number of aryl methyl sites for hydroxylation is 1. The molecule has 1 amide bonds. The molecule has 3 aromatic rings. The summed E-state index contributed by atoms with van der Waals surface area (Å²) in [5.74, 6) is 1.45. The summed E-state index contributed by atoms with van der Waals surface area (Å²) in [6, 6.07) is 8.11. The van der Waals surface area contributed by atoms with Crippen molar-refractivity contribution in [3.8, 4) is 11.3 Å². The highest BCUT2D eigenvalue weighted by atomic mass is 19.1. The maximum atomic E-state index is 13.2. The topological polar surface area (TPSA) is 63.1 Å². The highest BCUT2D eigenvalue weighted by Crippen LogP contribution is 2.26. The van der Waals surface area contributed by atoms with Crippen molar-refractivity contribution in [3.05, 3.63) is 42.5 Å². The van der Waals surface area contributed by atoms with E-state index in [1.165, 1.54) is 0 Å². The van der Waals surface area contributed by atoms with E-state index in [0.29, 0.717) is 12.4 Å². The molecule has 0 bridgehead atoms. The van der Waals surface area contributed by atoms with Crippen molar-refractivity contribution in [1.29, 1.82) is 0 Å². The lowest BCUT2D eigenvalue weighted by atomic mass is 9.95. The summed E-state index contributed by atoms with van der Waals surface area (Å²) < 4.78 is 15.2. The minimum absolute atomic E-state index is 0.00629. The fourth-order valence-corrected chi connectivity index (χ4v) is 4.10. The summed E-state index contributed by atoms with van der Waals surface area (Å²) in [6.07, 6.45) is 4.31. The molecule has 1 aromatic carbocycles. The standard InChI is InChI=1S/C23H28FN5O/c1-15(24)14-29-8-6-17(7-9-29)23(30)27-22-11-20-10-18(4-5-19(20)12-26-22)21-13-25-16(2)28(21)3/h4-5,10-13,15,17H,6-9,14H2,1-3H3,(H,26,27,30)/t15-/m0/s1. The molecule has 0 saturated carbocycles. The van der Waals surface area contributed by atoms with Crippen molar-refractivity contribution in [1.82, 2.24) is 19.4 Å². The Morgan fingerprint density at radius 1 is 1.20 bits per heavy atom. The fraction of sp³-hybridized carbons (Fsp3) is 0.435. The van der Waals surface area contributed by atoms with Crippen molar-refractivity contribution in [3.63, 3.8) is 0 Å². The lowest BCUT2D eigenvalue weighted by Gasteiger charge is -2.31. The van der Waals surface area contributed by atoms with E-state index in [2.05, 4.69) is 36.9 Å². The monoisotopic (exact) mass is 409 g/mol. The number of carbonyl (C=O) groups excluding carboxylic acids is 1. The van der Waals surface area contributed by atoms with E-state index in [1.807, 2.05) is 32.3 Å². The van der Waals surface area contributed by atoms with E-state index in [4.69, 9.17) is 0 Å². The van der Waals surface area contributed by atoms with E-state index in [0.717, 1.165) is 53.8 Å². The minimum Gasteiger partial charge on any atom is -0.331 e. The predicted octanol–water partition coefficient (Wildman–Crippen LogP) is 3.95. The van der Waals surface area contributed by atoms with Gasteiger partial charge in [-0.3, -0.25) is 4.79 Å². The second-order valence-corrected chi connectivity index (χ2v) is 8.23. The Balaban J connectivity index is 1.47. The first kappa shape index (κ1) is 20.5. The minimum atomic E-state index is -0.836. The van der Waals surface area contributed by atoms with Crippen LogP contribution in [0.2, 0.25) is 0 Å². The van der Waals surface area contributed by atoms with Gasteiger partial charge in [0.2, 0.25) is 5.91 Å². The van der Waals surface area contributed by atoms with Crippen LogP contribution in [0.25, 0.3) is 22.0 Å². The highest BCUT2D eigenvalue weighted by molar-refractivity contribution is 5.95. The largest absolute Gasteiger partial charge is 0.331 e. The van der Waals surface area contributed by atoms with Gasteiger partial charge >= 0.3 is 0 Å². The van der Waals surface area contributed by atoms with Crippen LogP contribution in [0.5, 0.6) is 0 Å². The summed E-state index contributed by atoms with van der Waals surface area (Å²) in [7, 11) is 2.00. The van der Waals surface area contributed by atoms with E-state index >= 15 is 0 Å². The molecule has 1 fully saturated rings. The number of anilines is 1. The van der Waals surface area contributed by atoms with Crippen LogP contribution in [-0.4, -0.2) is 51.1 Å². The molecule has 1 saturated heterocycles. The molecule has 3 heterocycles. The zero-order valence-corrected chi connectivity index (χ0v) is 17.7. The molecule has 0 spiro atoms. The van der Waals surface area contributed by atoms with E-state index < -0.39 is 6.17 Å². The van der Waals surface area contributed by atoms with E-state index in [1.54, 1.807) is 13.1 Å². The molecule has 7 heteroatoms. The number of likely N-dealkylation sites (tertiary alicyclic amines) is 1. The van der Waals surface area contributed by atoms with Crippen molar-refractivity contribution in [2.45, 2.75) is 32.9 Å². The Morgan fingerprint density at radius 3 is 2.63 bits per heavy atom. The van der Waals surface area contributed by atoms with Crippen LogP contribution in [0.3, 0.4) is 0 Å². The number of hydrogen-bond acceptors (Lipinski definition) is 4. The number of pyridine rings is 1. The van der Waals surface area contributed by atoms with Gasteiger partial charge in [-0.1, -0.05) is 12.1 Å². The van der Waals surface area contributed by atoms with Gasteiger partial charge in [0.1, 0.15) is 17.8 Å². The zero-order chi connectivity index (χ0) is 21.3. The summed E-state index contributed by atoms with van der Waals surface area (Å²) in [5, 5.41) is 5.01. The van der Waals surface area contributed by atoms with Crippen LogP contribution in [0, 0.1) is 12.8 Å². The molecule has 158 valence electrons. The molecule has 1 N–H and O–H groups in total. The van der Waals surface area contributed by atoms with Gasteiger partial charge < -0.3 is 14.8 Å². The maximum Gasteiger partial charge on any atom is 0.228 e. The number of amides is 1. The third-order valence-electron chi connectivity index (χ3n) is 5.96. The van der Waals surface area contributed by atoms with Gasteiger partial charge in [0, 0.05) is 36.7 Å². The lowest BCUT2D eigenvalue weighted by Crippen LogP contribution is -2.40. The number of hydrogen-bond donors (Lipinski definition) is 1. The number of alkyl halides is 1. The number of aromatic nitrogens is 3. The van der Waals surface area contributed by atoms with Gasteiger partial charge in [0.15, 0.2) is 0 Å². The van der Waals surface area contributed by atoms with Gasteiger partial charge in [-0.25, -0.2) is 14.4 Å². The summed E-state index contributed by atoms with van der Waals surface area (Å²) in [5.41, 5.74) is 2.12. The Kier molecular flexibility index (Phi) is 5.81. The Hall–Kier alpha value is -2.80. The SMILES string of the molecule is Cc1ncc(-c2ccc3cnc(NC(=O)C4CCN(C[C@H](C)F)CC4)cc3c2)n1C. The fourth-order valence-electron chi connectivity index (χ4n) is 4.10. The van der Waals surface area contributed by atoms with Gasteiger partial charge in [0.05, 0.1) is 11.9 Å². The van der Waals surface area contributed by atoms with Crippen molar-refractivity contribution < 1.29 is 9.18 Å². The number of fused-ring (bicyclic) bond motifs is 1. The van der Waals surface area contributed by atoms with Gasteiger partial charge in [-0.15, -0.1) is 0 Å². The average Bonchev–Trinajstić information content (AvgIpc) is 3.06. The highest BCUT2D eigenvalue weighted by Gasteiger charge is 2.25. The maximum absolute atomic E-state index is 13.2. The first-order valence-corrected chi connectivity index (χ1v) is 10.5.